The number of amides is 1. The summed E-state index contributed by atoms with van der Waals surface area (Å²) in [5.74, 6) is -5.04. The van der Waals surface area contributed by atoms with Crippen LogP contribution in [0.3, 0.4) is 0 Å². The second kappa shape index (κ2) is 8.31. The van der Waals surface area contributed by atoms with Crippen LogP contribution >= 0.6 is 0 Å². The molecule has 1 aromatic heterocycles. The smallest absolute Gasteiger partial charge is 0.257 e. The van der Waals surface area contributed by atoms with E-state index in [-0.39, 0.29) is 12.6 Å². The number of nitrogens with zero attached hydrogens (tertiary/aromatic N) is 2. The molecule has 0 bridgehead atoms. The van der Waals surface area contributed by atoms with Crippen molar-refractivity contribution in [2.75, 3.05) is 13.1 Å². The number of carbonyl (C=O) groups is 1. The van der Waals surface area contributed by atoms with Crippen LogP contribution in [0.1, 0.15) is 35.3 Å². The summed E-state index contributed by atoms with van der Waals surface area (Å²) < 4.78 is 41.0. The first-order valence-electron chi connectivity index (χ1n) is 8.63. The molecule has 7 heteroatoms. The van der Waals surface area contributed by atoms with Crippen LogP contribution in [0.2, 0.25) is 0 Å². The van der Waals surface area contributed by atoms with Gasteiger partial charge in [0.25, 0.3) is 5.91 Å². The van der Waals surface area contributed by atoms with E-state index in [1.807, 2.05) is 0 Å². The Kier molecular flexibility index (Phi) is 5.88. The van der Waals surface area contributed by atoms with Gasteiger partial charge < -0.3 is 10.2 Å². The minimum absolute atomic E-state index is 0.132. The highest BCUT2D eigenvalue weighted by atomic mass is 19.2. The Morgan fingerprint density at radius 1 is 1.12 bits per heavy atom. The second-order valence-corrected chi connectivity index (χ2v) is 6.31. The predicted molar refractivity (Wildman–Crippen MR) is 90.9 cm³/mol. The molecular weight excluding hydrogens is 343 g/mol. The number of nitrogens with one attached hydrogen (secondary N) is 1. The fourth-order valence-corrected chi connectivity index (χ4v) is 3.19. The highest BCUT2D eigenvalue weighted by molar-refractivity contribution is 5.94. The quantitative estimate of drug-likeness (QED) is 0.848. The maximum Gasteiger partial charge on any atom is 0.257 e. The summed E-state index contributed by atoms with van der Waals surface area (Å²) in [7, 11) is 0. The third-order valence-electron chi connectivity index (χ3n) is 4.57. The molecule has 1 fully saturated rings. The lowest BCUT2D eigenvalue weighted by atomic mass is 10.0. The van der Waals surface area contributed by atoms with Gasteiger partial charge in [0.2, 0.25) is 0 Å². The first kappa shape index (κ1) is 18.4. The lowest BCUT2D eigenvalue weighted by Crippen LogP contribution is -2.41. The maximum atomic E-state index is 14.2. The van der Waals surface area contributed by atoms with E-state index < -0.39 is 28.9 Å². The molecule has 1 atom stereocenters. The van der Waals surface area contributed by atoms with Crippen LogP contribution in [0.25, 0.3) is 0 Å². The third-order valence-corrected chi connectivity index (χ3v) is 4.57. The molecular formula is C19H20F3N3O. The summed E-state index contributed by atoms with van der Waals surface area (Å²) in [5, 5.41) is 3.27. The third kappa shape index (κ3) is 4.04. The fourth-order valence-electron chi connectivity index (χ4n) is 3.19. The minimum atomic E-state index is -1.63. The van der Waals surface area contributed by atoms with E-state index in [0.29, 0.717) is 12.1 Å². The molecule has 0 saturated carbocycles. The lowest BCUT2D eigenvalue weighted by Gasteiger charge is -2.31. The first-order chi connectivity index (χ1) is 12.6. The van der Waals surface area contributed by atoms with Gasteiger partial charge in [-0.1, -0.05) is 6.07 Å². The molecule has 1 amide bonds. The van der Waals surface area contributed by atoms with Crippen molar-refractivity contribution in [3.05, 3.63) is 65.2 Å². The van der Waals surface area contributed by atoms with Gasteiger partial charge in [-0.2, -0.15) is 0 Å². The molecule has 2 aromatic rings. The summed E-state index contributed by atoms with van der Waals surface area (Å²) in [5.41, 5.74) is 0.193. The Morgan fingerprint density at radius 3 is 2.73 bits per heavy atom. The SMILES string of the molecule is O=C(c1ccc(F)c(F)c1F)N(Cc1ccccn1)C1CCCNCC1. The van der Waals surface area contributed by atoms with Gasteiger partial charge in [-0.05, 0) is 56.6 Å². The summed E-state index contributed by atoms with van der Waals surface area (Å²) in [4.78, 5) is 18.7. The van der Waals surface area contributed by atoms with Crippen molar-refractivity contribution in [2.24, 2.45) is 0 Å². The molecule has 1 aromatic carbocycles. The Morgan fingerprint density at radius 2 is 1.96 bits per heavy atom. The number of aromatic nitrogens is 1. The molecule has 138 valence electrons. The number of hydrogen-bond acceptors (Lipinski definition) is 3. The maximum absolute atomic E-state index is 14.2. The molecule has 1 aliphatic rings. The fraction of sp³-hybridized carbons (Fsp3) is 0.368. The first-order valence-corrected chi connectivity index (χ1v) is 8.63. The van der Waals surface area contributed by atoms with E-state index in [2.05, 4.69) is 10.3 Å². The normalized spacial score (nSPS) is 17.6. The summed E-state index contributed by atoms with van der Waals surface area (Å²) in [6.45, 7) is 1.77. The number of hydrogen-bond donors (Lipinski definition) is 1. The van der Waals surface area contributed by atoms with Crippen molar-refractivity contribution in [1.82, 2.24) is 15.2 Å². The van der Waals surface area contributed by atoms with Gasteiger partial charge >= 0.3 is 0 Å². The average molecular weight is 363 g/mol. The minimum Gasteiger partial charge on any atom is -0.330 e. The standard InChI is InChI=1S/C19H20F3N3O/c20-16-7-6-15(17(21)18(16)22)19(26)25(12-13-4-1-2-10-24-13)14-5-3-9-23-11-8-14/h1-2,4,6-7,10,14,23H,3,5,8-9,11-12H2. The highest BCUT2D eigenvalue weighted by Gasteiger charge is 2.29. The largest absolute Gasteiger partial charge is 0.330 e. The van der Waals surface area contributed by atoms with Crippen molar-refractivity contribution in [3.8, 4) is 0 Å². The summed E-state index contributed by atoms with van der Waals surface area (Å²) >= 11 is 0. The lowest BCUT2D eigenvalue weighted by molar-refractivity contribution is 0.0636. The van der Waals surface area contributed by atoms with Crippen molar-refractivity contribution in [3.63, 3.8) is 0 Å². The summed E-state index contributed by atoms with van der Waals surface area (Å²) in [6, 6.07) is 6.98. The number of halogens is 3. The summed E-state index contributed by atoms with van der Waals surface area (Å²) in [6.07, 6.45) is 3.93. The zero-order valence-electron chi connectivity index (χ0n) is 14.2. The van der Waals surface area contributed by atoms with Crippen LogP contribution in [-0.4, -0.2) is 34.9 Å². The van der Waals surface area contributed by atoms with Crippen LogP contribution in [0, 0.1) is 17.5 Å². The molecule has 1 saturated heterocycles. The second-order valence-electron chi connectivity index (χ2n) is 6.31. The Bertz CT molecular complexity index is 762. The van der Waals surface area contributed by atoms with Gasteiger partial charge in [-0.25, -0.2) is 13.2 Å². The van der Waals surface area contributed by atoms with E-state index in [1.165, 1.54) is 4.90 Å². The average Bonchev–Trinajstić information content (AvgIpc) is 2.94. The van der Waals surface area contributed by atoms with Crippen molar-refractivity contribution < 1.29 is 18.0 Å². The van der Waals surface area contributed by atoms with Gasteiger partial charge in [-0.15, -0.1) is 0 Å². The number of carbonyl (C=O) groups excluding carboxylic acids is 1. The van der Waals surface area contributed by atoms with Crippen LogP contribution in [0.5, 0.6) is 0 Å². The molecule has 26 heavy (non-hydrogen) atoms. The van der Waals surface area contributed by atoms with Crippen LogP contribution in [0.15, 0.2) is 36.5 Å². The zero-order valence-corrected chi connectivity index (χ0v) is 14.2. The van der Waals surface area contributed by atoms with Crippen LogP contribution < -0.4 is 5.32 Å². The van der Waals surface area contributed by atoms with Gasteiger partial charge in [0, 0.05) is 12.2 Å². The predicted octanol–water partition coefficient (Wildman–Crippen LogP) is 3.28. The van der Waals surface area contributed by atoms with Gasteiger partial charge in [-0.3, -0.25) is 9.78 Å². The molecule has 4 nitrogen and oxygen atoms in total. The molecule has 1 N–H and O–H groups in total. The Hall–Kier alpha value is -2.41. The molecule has 1 aliphatic heterocycles. The molecule has 0 spiro atoms. The molecule has 0 radical (unpaired) electrons. The van der Waals surface area contributed by atoms with E-state index in [1.54, 1.807) is 24.4 Å². The number of benzene rings is 1. The van der Waals surface area contributed by atoms with Crippen molar-refractivity contribution in [2.45, 2.75) is 31.8 Å². The highest BCUT2D eigenvalue weighted by Crippen LogP contribution is 2.22. The molecule has 3 rings (SSSR count). The topological polar surface area (TPSA) is 45.2 Å². The van der Waals surface area contributed by atoms with Gasteiger partial charge in [0.15, 0.2) is 17.5 Å². The van der Waals surface area contributed by atoms with Gasteiger partial charge in [0.05, 0.1) is 17.8 Å². The van der Waals surface area contributed by atoms with E-state index in [0.717, 1.165) is 38.1 Å². The molecule has 2 heterocycles. The monoisotopic (exact) mass is 363 g/mol. The van der Waals surface area contributed by atoms with Crippen LogP contribution in [0.4, 0.5) is 13.2 Å². The van der Waals surface area contributed by atoms with E-state index in [4.69, 9.17) is 0 Å². The van der Waals surface area contributed by atoms with Crippen molar-refractivity contribution >= 4 is 5.91 Å². The Labute approximate surface area is 150 Å². The van der Waals surface area contributed by atoms with Crippen LogP contribution in [-0.2, 0) is 6.54 Å². The zero-order chi connectivity index (χ0) is 18.5. The number of pyridine rings is 1. The van der Waals surface area contributed by atoms with E-state index >= 15 is 0 Å². The van der Waals surface area contributed by atoms with Crippen molar-refractivity contribution in [1.29, 1.82) is 0 Å². The van der Waals surface area contributed by atoms with E-state index in [9.17, 15) is 18.0 Å². The number of rotatable bonds is 4. The molecule has 1 unspecified atom stereocenters. The van der Waals surface area contributed by atoms with Gasteiger partial charge in [0.1, 0.15) is 0 Å². The molecule has 0 aliphatic carbocycles. The Balaban J connectivity index is 1.93.